The molecule has 1 heterocycles. The molecule has 21 heavy (non-hydrogen) atoms. The summed E-state index contributed by atoms with van der Waals surface area (Å²) in [7, 11) is 0. The Hall–Kier alpha value is -0.540. The average Bonchev–Trinajstić information content (AvgIpc) is 2.97. The molecule has 2 aliphatic rings. The van der Waals surface area contributed by atoms with E-state index >= 15 is 0 Å². The fourth-order valence-electron chi connectivity index (χ4n) is 4.11. The van der Waals surface area contributed by atoms with Gasteiger partial charge in [-0.3, -0.25) is 0 Å². The van der Waals surface area contributed by atoms with E-state index in [4.69, 9.17) is 0 Å². The number of piperidine rings is 1. The molecule has 2 atom stereocenters. The van der Waals surface area contributed by atoms with E-state index in [2.05, 4.69) is 51.3 Å². The summed E-state index contributed by atoms with van der Waals surface area (Å²) >= 11 is 3.67. The maximum Gasteiger partial charge on any atom is 0.0425 e. The normalized spacial score (nSPS) is 25.1. The first-order valence-electron chi connectivity index (χ1n) is 8.55. The molecule has 0 radical (unpaired) electrons. The maximum atomic E-state index is 3.67. The SMILES string of the molecule is CCCNCc1ccc(Br)cc1N1CCCC2CCCC21. The Morgan fingerprint density at radius 2 is 2.10 bits per heavy atom. The van der Waals surface area contributed by atoms with Crippen LogP contribution in [0.15, 0.2) is 22.7 Å². The van der Waals surface area contributed by atoms with Gasteiger partial charge < -0.3 is 10.2 Å². The Morgan fingerprint density at radius 3 is 2.95 bits per heavy atom. The summed E-state index contributed by atoms with van der Waals surface area (Å²) in [6.07, 6.45) is 8.25. The van der Waals surface area contributed by atoms with Crippen molar-refractivity contribution in [3.05, 3.63) is 28.2 Å². The number of anilines is 1. The number of fused-ring (bicyclic) bond motifs is 1. The molecule has 1 saturated carbocycles. The summed E-state index contributed by atoms with van der Waals surface area (Å²) in [6.45, 7) is 5.55. The predicted octanol–water partition coefficient (Wildman–Crippen LogP) is 4.72. The van der Waals surface area contributed by atoms with Gasteiger partial charge in [-0.2, -0.15) is 0 Å². The third kappa shape index (κ3) is 3.45. The largest absolute Gasteiger partial charge is 0.368 e. The van der Waals surface area contributed by atoms with Crippen molar-refractivity contribution in [2.75, 3.05) is 18.0 Å². The molecule has 3 rings (SSSR count). The minimum atomic E-state index is 0.790. The maximum absolute atomic E-state index is 3.67. The highest BCUT2D eigenvalue weighted by atomic mass is 79.9. The van der Waals surface area contributed by atoms with Crippen LogP contribution in [0.5, 0.6) is 0 Å². The fraction of sp³-hybridized carbons (Fsp3) is 0.667. The molecular formula is C18H27BrN2. The first-order valence-corrected chi connectivity index (χ1v) is 9.34. The molecule has 1 aliphatic heterocycles. The van der Waals surface area contributed by atoms with E-state index in [1.54, 1.807) is 0 Å². The number of nitrogens with one attached hydrogen (secondary N) is 1. The van der Waals surface area contributed by atoms with Crippen LogP contribution >= 0.6 is 15.9 Å². The van der Waals surface area contributed by atoms with Gasteiger partial charge >= 0.3 is 0 Å². The summed E-state index contributed by atoms with van der Waals surface area (Å²) in [6, 6.07) is 7.60. The molecule has 0 aromatic heterocycles. The molecule has 0 amide bonds. The molecule has 1 aromatic carbocycles. The Morgan fingerprint density at radius 1 is 1.24 bits per heavy atom. The van der Waals surface area contributed by atoms with Crippen LogP contribution in [-0.2, 0) is 6.54 Å². The van der Waals surface area contributed by atoms with Crippen molar-refractivity contribution < 1.29 is 0 Å². The zero-order chi connectivity index (χ0) is 14.7. The number of hydrogen-bond donors (Lipinski definition) is 1. The van der Waals surface area contributed by atoms with Crippen molar-refractivity contribution in [2.45, 2.75) is 58.0 Å². The second-order valence-corrected chi connectivity index (χ2v) is 7.46. The molecule has 2 nitrogen and oxygen atoms in total. The van der Waals surface area contributed by atoms with E-state index in [1.165, 1.54) is 60.8 Å². The average molecular weight is 351 g/mol. The lowest BCUT2D eigenvalue weighted by Crippen LogP contribution is -2.43. The minimum absolute atomic E-state index is 0.790. The molecule has 0 bridgehead atoms. The molecule has 1 saturated heterocycles. The minimum Gasteiger partial charge on any atom is -0.368 e. The zero-order valence-corrected chi connectivity index (χ0v) is 14.7. The number of benzene rings is 1. The van der Waals surface area contributed by atoms with Gasteiger partial charge in [0.15, 0.2) is 0 Å². The van der Waals surface area contributed by atoms with E-state index in [0.717, 1.165) is 25.0 Å². The smallest absolute Gasteiger partial charge is 0.0425 e. The van der Waals surface area contributed by atoms with Crippen LogP contribution in [0.2, 0.25) is 0 Å². The van der Waals surface area contributed by atoms with Crippen molar-refractivity contribution in [2.24, 2.45) is 5.92 Å². The standard InChI is InChI=1S/C18H27BrN2/c1-2-10-20-13-15-8-9-16(19)12-18(15)21-11-4-6-14-5-3-7-17(14)21/h8-9,12,14,17,20H,2-7,10-11,13H2,1H3. The lowest BCUT2D eigenvalue weighted by atomic mass is 9.91. The van der Waals surface area contributed by atoms with E-state index < -0.39 is 0 Å². The Balaban J connectivity index is 1.83. The summed E-state index contributed by atoms with van der Waals surface area (Å²) in [5, 5.41) is 3.57. The van der Waals surface area contributed by atoms with E-state index in [-0.39, 0.29) is 0 Å². The van der Waals surface area contributed by atoms with Crippen LogP contribution in [0.1, 0.15) is 51.0 Å². The second-order valence-electron chi connectivity index (χ2n) is 6.54. The first kappa shape index (κ1) is 15.4. The summed E-state index contributed by atoms with van der Waals surface area (Å²) in [4.78, 5) is 2.72. The zero-order valence-electron chi connectivity index (χ0n) is 13.1. The van der Waals surface area contributed by atoms with Crippen LogP contribution in [-0.4, -0.2) is 19.1 Å². The number of halogens is 1. The number of rotatable bonds is 5. The predicted molar refractivity (Wildman–Crippen MR) is 93.8 cm³/mol. The van der Waals surface area contributed by atoms with Crippen molar-refractivity contribution in [1.29, 1.82) is 0 Å². The van der Waals surface area contributed by atoms with Gasteiger partial charge in [-0.15, -0.1) is 0 Å². The molecule has 1 N–H and O–H groups in total. The summed E-state index contributed by atoms with van der Waals surface area (Å²) in [5.74, 6) is 0.939. The molecule has 1 aromatic rings. The Kier molecular flexibility index (Phi) is 5.23. The third-order valence-corrected chi connectivity index (χ3v) is 5.59. The van der Waals surface area contributed by atoms with Crippen LogP contribution < -0.4 is 10.2 Å². The lowest BCUT2D eigenvalue weighted by Gasteiger charge is -2.40. The van der Waals surface area contributed by atoms with Gasteiger partial charge in [0.1, 0.15) is 0 Å². The molecular weight excluding hydrogens is 324 g/mol. The molecule has 2 fully saturated rings. The van der Waals surface area contributed by atoms with E-state index in [1.807, 2.05) is 0 Å². The van der Waals surface area contributed by atoms with Gasteiger partial charge in [0, 0.05) is 29.3 Å². The molecule has 116 valence electrons. The van der Waals surface area contributed by atoms with Gasteiger partial charge in [-0.25, -0.2) is 0 Å². The third-order valence-electron chi connectivity index (χ3n) is 5.09. The second kappa shape index (κ2) is 7.15. The van der Waals surface area contributed by atoms with Crippen LogP contribution in [0.4, 0.5) is 5.69 Å². The lowest BCUT2D eigenvalue weighted by molar-refractivity contribution is 0.362. The van der Waals surface area contributed by atoms with Crippen LogP contribution in [0.3, 0.4) is 0 Å². The number of hydrogen-bond acceptors (Lipinski definition) is 2. The monoisotopic (exact) mass is 350 g/mol. The van der Waals surface area contributed by atoms with Crippen molar-refractivity contribution >= 4 is 21.6 Å². The molecule has 3 heteroatoms. The quantitative estimate of drug-likeness (QED) is 0.773. The van der Waals surface area contributed by atoms with E-state index in [0.29, 0.717) is 0 Å². The summed E-state index contributed by atoms with van der Waals surface area (Å²) in [5.41, 5.74) is 2.92. The van der Waals surface area contributed by atoms with Crippen molar-refractivity contribution in [1.82, 2.24) is 5.32 Å². The highest BCUT2D eigenvalue weighted by Gasteiger charge is 2.35. The highest BCUT2D eigenvalue weighted by molar-refractivity contribution is 9.10. The summed E-state index contributed by atoms with van der Waals surface area (Å²) < 4.78 is 1.21. The topological polar surface area (TPSA) is 15.3 Å². The Bertz CT molecular complexity index is 474. The van der Waals surface area contributed by atoms with Crippen LogP contribution in [0, 0.1) is 5.92 Å². The molecule has 1 aliphatic carbocycles. The van der Waals surface area contributed by atoms with Crippen molar-refractivity contribution in [3.8, 4) is 0 Å². The fourth-order valence-corrected chi connectivity index (χ4v) is 4.46. The van der Waals surface area contributed by atoms with Gasteiger partial charge in [-0.1, -0.05) is 35.3 Å². The highest BCUT2D eigenvalue weighted by Crippen LogP contribution is 2.40. The first-order chi connectivity index (χ1) is 10.3. The van der Waals surface area contributed by atoms with Gasteiger partial charge in [0.2, 0.25) is 0 Å². The molecule has 0 spiro atoms. The molecule has 2 unspecified atom stereocenters. The van der Waals surface area contributed by atoms with E-state index in [9.17, 15) is 0 Å². The number of nitrogens with zero attached hydrogens (tertiary/aromatic N) is 1. The van der Waals surface area contributed by atoms with Gasteiger partial charge in [-0.05, 0) is 62.3 Å². The van der Waals surface area contributed by atoms with Gasteiger partial charge in [0.25, 0.3) is 0 Å². The van der Waals surface area contributed by atoms with Gasteiger partial charge in [0.05, 0.1) is 0 Å². The van der Waals surface area contributed by atoms with Crippen LogP contribution in [0.25, 0.3) is 0 Å². The van der Waals surface area contributed by atoms with Crippen molar-refractivity contribution in [3.63, 3.8) is 0 Å². The Labute approximate surface area is 137 Å².